The van der Waals surface area contributed by atoms with Crippen molar-refractivity contribution in [3.05, 3.63) is 40.8 Å². The highest BCUT2D eigenvalue weighted by Gasteiger charge is 2.62. The Kier molecular flexibility index (Phi) is 12.8. The number of rotatable bonds is 11. The predicted molar refractivity (Wildman–Crippen MR) is 199 cm³/mol. The summed E-state index contributed by atoms with van der Waals surface area (Å²) in [7, 11) is -3.32. The quantitative estimate of drug-likeness (QED) is 0.248. The number of hydrogen-bond donors (Lipinski definition) is 4. The maximum Gasteiger partial charge on any atom is 0.408 e. The van der Waals surface area contributed by atoms with Crippen molar-refractivity contribution in [1.29, 1.82) is 0 Å². The number of hydrogen-bond acceptors (Lipinski definition) is 10. The van der Waals surface area contributed by atoms with E-state index in [2.05, 4.69) is 15.6 Å². The summed E-state index contributed by atoms with van der Waals surface area (Å²) in [6.45, 7) is 12.2. The molecule has 4 amide bonds. The molecule has 3 aliphatic rings. The van der Waals surface area contributed by atoms with Crippen LogP contribution in [-0.4, -0.2) is 90.8 Å². The zero-order valence-corrected chi connectivity index (χ0v) is 33.7. The number of amides is 4. The number of aromatic amines is 1. The lowest BCUT2D eigenvalue weighted by molar-refractivity contribution is -0.154. The third-order valence-electron chi connectivity index (χ3n) is 9.78. The van der Waals surface area contributed by atoms with Crippen LogP contribution in [0, 0.1) is 11.3 Å². The second-order valence-corrected chi connectivity index (χ2v) is 17.9. The van der Waals surface area contributed by atoms with Crippen LogP contribution in [0.5, 0.6) is 5.75 Å². The Morgan fingerprint density at radius 3 is 2.25 bits per heavy atom. The topological polar surface area (TPSA) is 202 Å². The monoisotopic (exact) mass is 815 g/mol. The molecule has 1 aromatic carbocycles. The molecule has 15 nitrogen and oxygen atoms in total. The van der Waals surface area contributed by atoms with Gasteiger partial charge in [0.1, 0.15) is 29.0 Å². The van der Waals surface area contributed by atoms with Gasteiger partial charge in [-0.05, 0) is 93.9 Å². The fraction of sp³-hybridized carbons (Fsp3) is 0.649. The molecule has 0 bridgehead atoms. The number of pyridine rings is 1. The Balaban J connectivity index is 0.000000447. The molecule has 2 heterocycles. The standard InChI is InChI=1S/C27H43F3N4O8S.C10H9NO2/c1-8-16-14-26(16,21(37)33-43(39,40)42-25(11-12-25)15-27(28,29)30)32-19(35)17-10-9-13-34(17)20(36)18(23(2,3)4)31-22(38)41-24(5,6)7;1-13-8-2-3-9-7(6-8)4-5-11-10(9)12/h16-18H,8-15H2,1-7H3,(H,31,38)(H,32,35)(H,33,37);2-6H,1H3,(H,11,12)/t16?,17?,18-,26-;/m1./s1. The number of carbonyl (C=O) groups is 4. The van der Waals surface area contributed by atoms with Gasteiger partial charge in [0.2, 0.25) is 11.8 Å². The lowest BCUT2D eigenvalue weighted by Crippen LogP contribution is -2.60. The van der Waals surface area contributed by atoms with E-state index in [4.69, 9.17) is 13.7 Å². The molecule has 4 N–H and O–H groups in total. The minimum absolute atomic E-state index is 0.0693. The van der Waals surface area contributed by atoms with Gasteiger partial charge >= 0.3 is 22.6 Å². The van der Waals surface area contributed by atoms with E-state index in [0.717, 1.165) is 11.1 Å². The average Bonchev–Trinajstić information content (AvgIpc) is 3.91. The minimum atomic E-state index is -4.92. The van der Waals surface area contributed by atoms with E-state index < -0.39 is 86.9 Å². The SMILES string of the molecule is CCC1C[C@]1(NC(=O)C1CCCN1C(=O)[C@@H](NC(=O)OC(C)(C)C)C(C)(C)C)C(=O)NS(=O)(=O)OC1(CC(F)(F)F)CC1.COc1ccc2c(=O)[nH]ccc2c1. The number of alkyl halides is 3. The summed E-state index contributed by atoms with van der Waals surface area (Å²) in [6.07, 6.45) is -4.36. The smallest absolute Gasteiger partial charge is 0.408 e. The van der Waals surface area contributed by atoms with Crippen LogP contribution in [0.15, 0.2) is 35.3 Å². The first-order valence-corrected chi connectivity index (χ1v) is 19.8. The second kappa shape index (κ2) is 16.2. The number of fused-ring (bicyclic) bond motifs is 1. The first-order chi connectivity index (χ1) is 25.7. The molecule has 0 spiro atoms. The second-order valence-electron chi connectivity index (χ2n) is 16.6. The van der Waals surface area contributed by atoms with Gasteiger partial charge in [0.15, 0.2) is 0 Å². The Labute approximate surface area is 324 Å². The van der Waals surface area contributed by atoms with Crippen molar-refractivity contribution in [3.63, 3.8) is 0 Å². The van der Waals surface area contributed by atoms with Crippen molar-refractivity contribution in [3.8, 4) is 5.75 Å². The number of benzene rings is 1. The Bertz CT molecular complexity index is 1970. The van der Waals surface area contributed by atoms with Gasteiger partial charge in [-0.3, -0.25) is 19.2 Å². The van der Waals surface area contributed by atoms with Gasteiger partial charge in [-0.1, -0.05) is 34.1 Å². The van der Waals surface area contributed by atoms with Gasteiger partial charge in [-0.2, -0.15) is 21.6 Å². The van der Waals surface area contributed by atoms with Gasteiger partial charge in [-0.25, -0.2) is 13.7 Å². The summed E-state index contributed by atoms with van der Waals surface area (Å²) in [4.78, 5) is 68.2. The predicted octanol–water partition coefficient (Wildman–Crippen LogP) is 4.60. The van der Waals surface area contributed by atoms with Crippen molar-refractivity contribution in [2.24, 2.45) is 11.3 Å². The third-order valence-corrected chi connectivity index (χ3v) is 10.8. The van der Waals surface area contributed by atoms with Crippen LogP contribution in [0.3, 0.4) is 0 Å². The lowest BCUT2D eigenvalue weighted by Gasteiger charge is -2.36. The first-order valence-electron chi connectivity index (χ1n) is 18.4. The number of carbonyl (C=O) groups excluding carboxylic acids is 4. The molecule has 5 rings (SSSR count). The van der Waals surface area contributed by atoms with E-state index in [1.807, 2.05) is 12.1 Å². The molecule has 4 atom stereocenters. The molecule has 2 aromatic rings. The highest BCUT2D eigenvalue weighted by atomic mass is 32.2. The first kappa shape index (κ1) is 44.3. The normalized spacial score (nSPS) is 22.2. The number of likely N-dealkylation sites (tertiary alicyclic amines) is 1. The van der Waals surface area contributed by atoms with Gasteiger partial charge in [0.05, 0.1) is 19.1 Å². The van der Waals surface area contributed by atoms with Crippen LogP contribution in [0.4, 0.5) is 18.0 Å². The van der Waals surface area contributed by atoms with E-state index in [1.54, 1.807) is 78.6 Å². The summed E-state index contributed by atoms with van der Waals surface area (Å²) in [5, 5.41) is 6.81. The summed E-state index contributed by atoms with van der Waals surface area (Å²) < 4.78 is 80.6. The molecular weight excluding hydrogens is 763 g/mol. The molecule has 1 aliphatic heterocycles. The van der Waals surface area contributed by atoms with Crippen LogP contribution in [0.2, 0.25) is 0 Å². The van der Waals surface area contributed by atoms with Gasteiger partial charge in [0, 0.05) is 18.1 Å². The Morgan fingerprint density at radius 1 is 1.05 bits per heavy atom. The van der Waals surface area contributed by atoms with E-state index >= 15 is 0 Å². The molecule has 2 saturated carbocycles. The molecule has 1 aromatic heterocycles. The van der Waals surface area contributed by atoms with Gasteiger partial charge in [-0.15, -0.1) is 0 Å². The fourth-order valence-corrected chi connectivity index (χ4v) is 7.85. The molecule has 3 fully saturated rings. The van der Waals surface area contributed by atoms with Crippen molar-refractivity contribution >= 4 is 44.9 Å². The number of nitrogens with one attached hydrogen (secondary N) is 4. The zero-order chi connectivity index (χ0) is 42.1. The molecule has 2 aliphatic carbocycles. The summed E-state index contributed by atoms with van der Waals surface area (Å²) in [5.74, 6) is -2.01. The van der Waals surface area contributed by atoms with Crippen molar-refractivity contribution in [2.75, 3.05) is 13.7 Å². The largest absolute Gasteiger partial charge is 0.497 e. The number of methoxy groups -OCH3 is 1. The van der Waals surface area contributed by atoms with Crippen LogP contribution < -0.4 is 25.7 Å². The highest BCUT2D eigenvalue weighted by molar-refractivity contribution is 7.85. The van der Waals surface area contributed by atoms with Gasteiger partial charge < -0.3 is 30.0 Å². The van der Waals surface area contributed by atoms with Crippen LogP contribution in [-0.2, 0) is 33.6 Å². The van der Waals surface area contributed by atoms with Gasteiger partial charge in [0.25, 0.3) is 11.5 Å². The van der Waals surface area contributed by atoms with E-state index in [9.17, 15) is 45.6 Å². The van der Waals surface area contributed by atoms with E-state index in [-0.39, 0.29) is 37.8 Å². The van der Waals surface area contributed by atoms with Crippen LogP contribution in [0.25, 0.3) is 10.8 Å². The molecule has 19 heteroatoms. The molecule has 2 unspecified atom stereocenters. The number of alkyl carbamates (subject to hydrolysis) is 1. The van der Waals surface area contributed by atoms with Crippen molar-refractivity contribution in [2.45, 2.75) is 128 Å². The van der Waals surface area contributed by atoms with E-state index in [1.165, 1.54) is 4.90 Å². The molecular formula is C37H52F3N5O10S. The average molecular weight is 816 g/mol. The fourth-order valence-electron chi connectivity index (χ4n) is 6.71. The maximum atomic E-state index is 13.7. The summed E-state index contributed by atoms with van der Waals surface area (Å²) in [5.41, 5.74) is -5.23. The minimum Gasteiger partial charge on any atom is -0.497 e. The molecule has 1 saturated heterocycles. The van der Waals surface area contributed by atoms with Crippen molar-refractivity contribution in [1.82, 2.24) is 25.2 Å². The number of halogens is 3. The van der Waals surface area contributed by atoms with Crippen LogP contribution >= 0.6 is 0 Å². The lowest BCUT2D eigenvalue weighted by atomic mass is 9.85. The zero-order valence-electron chi connectivity index (χ0n) is 32.8. The van der Waals surface area contributed by atoms with Crippen LogP contribution in [0.1, 0.15) is 93.4 Å². The molecule has 312 valence electrons. The van der Waals surface area contributed by atoms with E-state index in [0.29, 0.717) is 18.2 Å². The summed E-state index contributed by atoms with van der Waals surface area (Å²) >= 11 is 0. The number of nitrogens with zero attached hydrogens (tertiary/aromatic N) is 1. The van der Waals surface area contributed by atoms with Crippen molar-refractivity contribution < 1.29 is 54.4 Å². The third kappa shape index (κ3) is 11.4. The molecule has 56 heavy (non-hydrogen) atoms. The Hall–Kier alpha value is -4.39. The highest BCUT2D eigenvalue weighted by Crippen LogP contribution is 2.49. The number of aromatic nitrogens is 1. The Morgan fingerprint density at radius 2 is 1.71 bits per heavy atom. The number of ether oxygens (including phenoxy) is 2. The summed E-state index contributed by atoms with van der Waals surface area (Å²) in [6, 6.07) is 5.16. The maximum absolute atomic E-state index is 13.7. The number of H-pyrrole nitrogens is 1. The molecule has 0 radical (unpaired) electrons.